The first-order valence-electron chi connectivity index (χ1n) is 15.2. The molecule has 0 aliphatic carbocycles. The smallest absolute Gasteiger partial charge is 0.497 e. The Balaban J connectivity index is 1.95. The second kappa shape index (κ2) is 12.6. The molecule has 17 heteroatoms. The number of alkyl halides is 3. The predicted molar refractivity (Wildman–Crippen MR) is 174 cm³/mol. The molecule has 1 fully saturated rings. The Hall–Kier alpha value is -4.09. The van der Waals surface area contributed by atoms with E-state index in [2.05, 4.69) is 10.1 Å². The summed E-state index contributed by atoms with van der Waals surface area (Å²) in [6, 6.07) is 9.74. The molecule has 270 valence electrons. The molecule has 1 saturated heterocycles. The van der Waals surface area contributed by atoms with Crippen LogP contribution in [0.15, 0.2) is 59.5 Å². The van der Waals surface area contributed by atoms with Gasteiger partial charge in [-0.2, -0.15) is 4.31 Å². The van der Waals surface area contributed by atoms with Crippen LogP contribution < -0.4 is 23.8 Å². The van der Waals surface area contributed by atoms with E-state index >= 15 is 4.79 Å². The van der Waals surface area contributed by atoms with E-state index in [1.165, 1.54) is 71.5 Å². The van der Waals surface area contributed by atoms with Crippen molar-refractivity contribution < 1.29 is 60.1 Å². The molecule has 2 heterocycles. The van der Waals surface area contributed by atoms with Crippen molar-refractivity contribution in [2.24, 2.45) is 0 Å². The van der Waals surface area contributed by atoms with Crippen molar-refractivity contribution in [2.75, 3.05) is 39.2 Å². The summed E-state index contributed by atoms with van der Waals surface area (Å²) in [5.74, 6) is -3.10. The van der Waals surface area contributed by atoms with E-state index < -0.39 is 66.6 Å². The summed E-state index contributed by atoms with van der Waals surface area (Å²) in [5, 5.41) is 24.8. The lowest BCUT2D eigenvalue weighted by atomic mass is 9.77. The van der Waals surface area contributed by atoms with Crippen LogP contribution in [0.25, 0.3) is 0 Å². The Morgan fingerprint density at radius 1 is 1.04 bits per heavy atom. The molecular weight excluding hydrogens is 707 g/mol. The molecule has 12 nitrogen and oxygen atoms in total. The molecule has 50 heavy (non-hydrogen) atoms. The molecule has 2 aliphatic rings. The SMILES string of the molecule is CNC(=O)[C@@H]1C[C@@H](O)C[N+]1(C)C1(c2cc(C(C)(C)O)ccc2OC)C(=O)N(S(=O)(=O)c2ccc(OC)cc2OC(F)(F)F)c2ccc(Cl)cc21. The van der Waals surface area contributed by atoms with Crippen LogP contribution in [0, 0.1) is 0 Å². The largest absolute Gasteiger partial charge is 0.573 e. The van der Waals surface area contributed by atoms with Gasteiger partial charge in [0.05, 0.1) is 43.7 Å². The van der Waals surface area contributed by atoms with Gasteiger partial charge in [0.25, 0.3) is 15.9 Å². The number of rotatable bonds is 9. The van der Waals surface area contributed by atoms with Crippen molar-refractivity contribution in [2.45, 2.75) is 54.8 Å². The van der Waals surface area contributed by atoms with Crippen LogP contribution in [-0.4, -0.2) is 88.3 Å². The number of amides is 2. The molecule has 3 N–H and O–H groups in total. The standard InChI is InChI=1S/C33H35ClF3N3O9S/c1-31(2,44)18-7-11-26(48-6)23(13-18)32(40(4)17-20(41)15-25(40)29(42)38-3)22-14-19(34)8-10-24(22)39(30(32)43)50(45,46)28-12-9-21(47-5)16-27(28)49-33(35,36)37/h7-14,16,20,25,41,44H,15,17H2,1-6H3/p+1/t20-,25+,32?,40?/m1/s1. The number of nitrogens with one attached hydrogen (secondary N) is 1. The molecule has 4 atom stereocenters. The minimum absolute atomic E-state index is 0.00200. The summed E-state index contributed by atoms with van der Waals surface area (Å²) in [7, 11) is 0.0261. The number of hydrogen-bond donors (Lipinski definition) is 3. The number of likely N-dealkylation sites (N-methyl/N-ethyl adjacent to an activating group) is 2. The van der Waals surface area contributed by atoms with Crippen LogP contribution in [0.1, 0.15) is 37.0 Å². The van der Waals surface area contributed by atoms with Gasteiger partial charge in [0.1, 0.15) is 29.0 Å². The van der Waals surface area contributed by atoms with E-state index in [0.717, 1.165) is 25.3 Å². The van der Waals surface area contributed by atoms with Gasteiger partial charge in [-0.15, -0.1) is 13.2 Å². The number of halogens is 4. The molecule has 2 amide bonds. The fraction of sp³-hybridized carbons (Fsp3) is 0.394. The van der Waals surface area contributed by atoms with Crippen LogP contribution in [-0.2, 0) is 30.8 Å². The molecule has 3 aromatic rings. The maximum atomic E-state index is 15.6. The van der Waals surface area contributed by atoms with Crippen molar-refractivity contribution in [3.8, 4) is 17.2 Å². The Bertz CT molecular complexity index is 1970. The molecule has 0 bridgehead atoms. The maximum Gasteiger partial charge on any atom is 0.573 e. The summed E-state index contributed by atoms with van der Waals surface area (Å²) in [6.45, 7) is 2.70. The summed E-state index contributed by atoms with van der Waals surface area (Å²) in [6.07, 6.45) is -6.66. The Morgan fingerprint density at radius 3 is 2.30 bits per heavy atom. The van der Waals surface area contributed by atoms with Crippen molar-refractivity contribution in [3.63, 3.8) is 0 Å². The zero-order valence-corrected chi connectivity index (χ0v) is 29.4. The molecule has 0 radical (unpaired) electrons. The summed E-state index contributed by atoms with van der Waals surface area (Å²) in [5.41, 5.74) is -3.88. The van der Waals surface area contributed by atoms with E-state index in [4.69, 9.17) is 21.1 Å². The normalized spacial score (nSPS) is 23.8. The highest BCUT2D eigenvalue weighted by Crippen LogP contribution is 2.58. The van der Waals surface area contributed by atoms with E-state index in [9.17, 15) is 36.6 Å². The van der Waals surface area contributed by atoms with Gasteiger partial charge < -0.3 is 29.7 Å². The second-order valence-corrected chi connectivity index (χ2v) is 14.9. The first-order valence-corrected chi connectivity index (χ1v) is 17.0. The Kier molecular flexibility index (Phi) is 9.36. The number of carbonyl (C=O) groups excluding carboxylic acids is 2. The highest BCUT2D eigenvalue weighted by Gasteiger charge is 2.72. The van der Waals surface area contributed by atoms with Crippen molar-refractivity contribution >= 4 is 39.1 Å². The van der Waals surface area contributed by atoms with Gasteiger partial charge in [-0.05, 0) is 61.9 Å². The van der Waals surface area contributed by atoms with E-state index in [1.54, 1.807) is 0 Å². The fourth-order valence-corrected chi connectivity index (χ4v) is 8.88. The number of sulfonamides is 1. The molecule has 0 saturated carbocycles. The van der Waals surface area contributed by atoms with Crippen molar-refractivity contribution in [1.82, 2.24) is 5.32 Å². The Labute approximate surface area is 291 Å². The zero-order valence-electron chi connectivity index (χ0n) is 27.8. The lowest BCUT2D eigenvalue weighted by Crippen LogP contribution is -2.69. The number of carbonyl (C=O) groups is 2. The van der Waals surface area contributed by atoms with Gasteiger partial charge >= 0.3 is 12.3 Å². The summed E-state index contributed by atoms with van der Waals surface area (Å²) < 4.78 is 84.9. The number of anilines is 1. The minimum Gasteiger partial charge on any atom is -0.497 e. The highest BCUT2D eigenvalue weighted by molar-refractivity contribution is 7.93. The highest BCUT2D eigenvalue weighted by atomic mass is 35.5. The Morgan fingerprint density at radius 2 is 1.72 bits per heavy atom. The summed E-state index contributed by atoms with van der Waals surface area (Å²) >= 11 is 6.54. The van der Waals surface area contributed by atoms with E-state index in [1.807, 2.05) is 0 Å². The van der Waals surface area contributed by atoms with E-state index in [0.29, 0.717) is 4.31 Å². The average molecular weight is 743 g/mol. The second-order valence-electron chi connectivity index (χ2n) is 12.8. The number of aliphatic hydroxyl groups is 2. The van der Waals surface area contributed by atoms with Gasteiger partial charge in [-0.1, -0.05) is 17.7 Å². The number of benzene rings is 3. The van der Waals surface area contributed by atoms with Gasteiger partial charge in [-0.3, -0.25) is 14.1 Å². The third-order valence-corrected chi connectivity index (χ3v) is 11.3. The van der Waals surface area contributed by atoms with Crippen LogP contribution in [0.3, 0.4) is 0 Å². The number of ether oxygens (including phenoxy) is 3. The van der Waals surface area contributed by atoms with Gasteiger partial charge in [0.2, 0.25) is 5.54 Å². The predicted octanol–water partition coefficient (Wildman–Crippen LogP) is 3.79. The fourth-order valence-electron chi connectivity index (χ4n) is 7.15. The number of likely N-dealkylation sites (tertiary alicyclic amines) is 1. The molecule has 3 aromatic carbocycles. The monoisotopic (exact) mass is 742 g/mol. The molecule has 2 aliphatic heterocycles. The number of hydrogen-bond acceptors (Lipinski definition) is 9. The first kappa shape index (κ1) is 37.2. The van der Waals surface area contributed by atoms with E-state index in [-0.39, 0.29) is 51.9 Å². The lowest BCUT2D eigenvalue weighted by molar-refractivity contribution is -0.953. The number of methoxy groups -OCH3 is 2. The molecule has 2 unspecified atom stereocenters. The third-order valence-electron chi connectivity index (χ3n) is 9.34. The molecular formula is C33H36ClF3N3O9S+. The van der Waals surface area contributed by atoms with Gasteiger partial charge in [-0.25, -0.2) is 8.42 Å². The van der Waals surface area contributed by atoms with Crippen LogP contribution in [0.2, 0.25) is 5.02 Å². The number of nitrogens with zero attached hydrogens (tertiary/aromatic N) is 2. The van der Waals surface area contributed by atoms with Crippen LogP contribution in [0.5, 0.6) is 17.2 Å². The average Bonchev–Trinajstić information content (AvgIpc) is 3.49. The molecule has 0 aromatic heterocycles. The first-order chi connectivity index (χ1) is 23.2. The van der Waals surface area contributed by atoms with Gasteiger partial charge in [0, 0.05) is 24.6 Å². The topological polar surface area (TPSA) is 152 Å². The minimum atomic E-state index is -5.34. The lowest BCUT2D eigenvalue weighted by Gasteiger charge is -2.49. The molecule has 5 rings (SSSR count). The van der Waals surface area contributed by atoms with Crippen molar-refractivity contribution in [1.29, 1.82) is 0 Å². The van der Waals surface area contributed by atoms with Crippen LogP contribution in [0.4, 0.5) is 18.9 Å². The quantitative estimate of drug-likeness (QED) is 0.278. The number of aliphatic hydroxyl groups excluding tert-OH is 1. The van der Waals surface area contributed by atoms with Crippen molar-refractivity contribution in [3.05, 3.63) is 76.3 Å². The van der Waals surface area contributed by atoms with Crippen LogP contribution >= 0.6 is 11.6 Å². The zero-order chi connectivity index (χ0) is 37.2. The van der Waals surface area contributed by atoms with Gasteiger partial charge in [0.15, 0.2) is 11.8 Å². The summed E-state index contributed by atoms with van der Waals surface area (Å²) in [4.78, 5) is 28.2. The molecule has 0 spiro atoms. The number of fused-ring (bicyclic) bond motifs is 1. The maximum absolute atomic E-state index is 15.6. The third kappa shape index (κ3) is 5.82. The number of quaternary nitrogens is 1.